The van der Waals surface area contributed by atoms with Gasteiger partial charge in [-0.15, -0.1) is 29.3 Å². The van der Waals surface area contributed by atoms with Crippen LogP contribution in [0.3, 0.4) is 0 Å². The summed E-state index contributed by atoms with van der Waals surface area (Å²) in [6.07, 6.45) is 11.0. The minimum Gasteiger partial charge on any atom is -0.611 e. The minimum absolute atomic E-state index is 0.219. The number of thiazole rings is 2. The third-order valence-corrected chi connectivity index (χ3v) is 17.4. The average Bonchev–Trinajstić information content (AvgIpc) is 4.13. The Morgan fingerprint density at radius 2 is 1.53 bits per heavy atom. The SMILES string of the molecule is C=CCNC(=O)c1cccc(-c2cc(-c3ncc(Cc4ncc(-c5cc(-c6nccs6)nc6sc([S+]([O-])CCCC)c(N)c56)[nH]4)s3)nc3sc([S+]([O-])CCCC)c(N)c23)c1. The Hall–Kier alpha value is -4.66. The Labute approximate surface area is 369 Å². The molecule has 12 nitrogen and oxygen atoms in total. The molecule has 308 valence electrons. The molecule has 0 bridgehead atoms. The highest BCUT2D eigenvalue weighted by Crippen LogP contribution is 2.45. The van der Waals surface area contributed by atoms with Gasteiger partial charge in [0.15, 0.2) is 0 Å². The van der Waals surface area contributed by atoms with E-state index in [0.717, 1.165) is 69.2 Å². The lowest BCUT2D eigenvalue weighted by atomic mass is 9.99. The minimum atomic E-state index is -1.28. The summed E-state index contributed by atoms with van der Waals surface area (Å²) in [5, 5.41) is 7.69. The summed E-state index contributed by atoms with van der Waals surface area (Å²) < 4.78 is 28.0. The Morgan fingerprint density at radius 3 is 2.18 bits per heavy atom. The average molecular weight is 912 g/mol. The number of anilines is 2. The number of hydrogen-bond donors (Lipinski definition) is 4. The van der Waals surface area contributed by atoms with Crippen LogP contribution in [-0.2, 0) is 28.8 Å². The van der Waals surface area contributed by atoms with Crippen molar-refractivity contribution < 1.29 is 13.9 Å². The third kappa shape index (κ3) is 8.60. The van der Waals surface area contributed by atoms with Crippen molar-refractivity contribution in [2.45, 2.75) is 54.4 Å². The van der Waals surface area contributed by atoms with Crippen LogP contribution in [0.1, 0.15) is 60.6 Å². The van der Waals surface area contributed by atoms with Gasteiger partial charge in [-0.05, 0) is 70.6 Å². The highest BCUT2D eigenvalue weighted by atomic mass is 32.2. The molecule has 7 aromatic heterocycles. The zero-order valence-corrected chi connectivity index (χ0v) is 37.7. The summed E-state index contributed by atoms with van der Waals surface area (Å²) in [6, 6.07) is 11.3. The molecule has 18 heteroatoms. The Morgan fingerprint density at radius 1 is 0.867 bits per heavy atom. The molecule has 60 heavy (non-hydrogen) atoms. The molecule has 7 heterocycles. The summed E-state index contributed by atoms with van der Waals surface area (Å²) in [5.74, 6) is 1.56. The van der Waals surface area contributed by atoms with Gasteiger partial charge in [-0.3, -0.25) is 4.79 Å². The number of pyridine rings is 2. The summed E-state index contributed by atoms with van der Waals surface area (Å²) in [6.45, 7) is 8.19. The van der Waals surface area contributed by atoms with Crippen LogP contribution in [0.5, 0.6) is 0 Å². The van der Waals surface area contributed by atoms with Gasteiger partial charge in [0.2, 0.25) is 8.42 Å². The maximum atomic E-state index is 13.4. The number of nitrogens with two attached hydrogens (primary N) is 2. The highest BCUT2D eigenvalue weighted by Gasteiger charge is 2.27. The van der Waals surface area contributed by atoms with E-state index in [4.69, 9.17) is 31.4 Å². The van der Waals surface area contributed by atoms with E-state index in [0.29, 0.717) is 81.3 Å². The number of benzene rings is 1. The maximum absolute atomic E-state index is 13.4. The second-order valence-corrected chi connectivity index (χ2v) is 21.4. The third-order valence-electron chi connectivity index (χ3n) is 9.64. The smallest absolute Gasteiger partial charge is 0.251 e. The number of fused-ring (bicyclic) bond motifs is 2. The lowest BCUT2D eigenvalue weighted by Gasteiger charge is -2.10. The van der Waals surface area contributed by atoms with E-state index in [1.165, 1.54) is 45.3 Å². The summed E-state index contributed by atoms with van der Waals surface area (Å²) in [4.78, 5) is 42.8. The van der Waals surface area contributed by atoms with E-state index in [1.807, 2.05) is 41.9 Å². The summed E-state index contributed by atoms with van der Waals surface area (Å²) >= 11 is 3.20. The van der Waals surface area contributed by atoms with Crippen LogP contribution in [0.15, 0.2) is 81.4 Å². The van der Waals surface area contributed by atoms with E-state index in [2.05, 4.69) is 35.7 Å². The Balaban J connectivity index is 1.14. The second-order valence-electron chi connectivity index (χ2n) is 13.9. The fourth-order valence-corrected chi connectivity index (χ4v) is 13.7. The molecule has 0 saturated heterocycles. The number of H-pyrrole nitrogens is 1. The number of rotatable bonds is 17. The molecule has 1 amide bonds. The number of nitrogens with one attached hydrogen (secondary N) is 2. The number of aromatic amines is 1. The van der Waals surface area contributed by atoms with Gasteiger partial charge in [0.1, 0.15) is 59.8 Å². The molecule has 0 radical (unpaired) electrons. The lowest BCUT2D eigenvalue weighted by Crippen LogP contribution is -2.23. The molecule has 0 aliphatic carbocycles. The van der Waals surface area contributed by atoms with Crippen molar-refractivity contribution in [2.75, 3.05) is 29.5 Å². The number of hydrogen-bond acceptors (Lipinski definition) is 14. The predicted octanol–water partition coefficient (Wildman–Crippen LogP) is 9.70. The van der Waals surface area contributed by atoms with Crippen LogP contribution in [0, 0.1) is 0 Å². The van der Waals surface area contributed by atoms with Crippen LogP contribution < -0.4 is 16.8 Å². The van der Waals surface area contributed by atoms with E-state index < -0.39 is 22.4 Å². The number of aromatic nitrogens is 6. The molecule has 8 rings (SSSR count). The number of carbonyl (C=O) groups is 1. The first-order valence-corrected chi connectivity index (χ1v) is 25.2. The van der Waals surface area contributed by atoms with Gasteiger partial charge >= 0.3 is 0 Å². The van der Waals surface area contributed by atoms with Crippen LogP contribution >= 0.6 is 45.3 Å². The first-order chi connectivity index (χ1) is 29.2. The highest BCUT2D eigenvalue weighted by molar-refractivity contribution is 7.94. The number of amides is 1. The molecule has 2 atom stereocenters. The summed E-state index contributed by atoms with van der Waals surface area (Å²) in [5.41, 5.74) is 19.4. The first kappa shape index (κ1) is 42.0. The van der Waals surface area contributed by atoms with E-state index in [1.54, 1.807) is 24.5 Å². The molecule has 0 aliphatic rings. The number of nitrogen functional groups attached to an aromatic ring is 2. The maximum Gasteiger partial charge on any atom is 0.251 e. The largest absolute Gasteiger partial charge is 0.611 e. The number of unbranched alkanes of at least 4 members (excludes halogenated alkanes) is 2. The molecular formula is C42H41N9O3S6. The Kier molecular flexibility index (Phi) is 13.0. The van der Waals surface area contributed by atoms with Gasteiger partial charge < -0.3 is 30.9 Å². The molecular weight excluding hydrogens is 871 g/mol. The van der Waals surface area contributed by atoms with Gasteiger partial charge in [0.25, 0.3) is 5.91 Å². The molecule has 2 unspecified atom stereocenters. The molecule has 6 N–H and O–H groups in total. The zero-order chi connectivity index (χ0) is 41.9. The lowest BCUT2D eigenvalue weighted by molar-refractivity contribution is 0.0958. The van der Waals surface area contributed by atoms with Crippen molar-refractivity contribution in [1.82, 2.24) is 35.2 Å². The molecule has 0 fully saturated rings. The van der Waals surface area contributed by atoms with Gasteiger partial charge in [-0.25, -0.2) is 24.9 Å². The van der Waals surface area contributed by atoms with Gasteiger partial charge in [-0.1, -0.05) is 67.6 Å². The number of imidazole rings is 1. The van der Waals surface area contributed by atoms with Crippen molar-refractivity contribution in [3.8, 4) is 43.8 Å². The monoisotopic (exact) mass is 911 g/mol. The van der Waals surface area contributed by atoms with Crippen molar-refractivity contribution in [3.63, 3.8) is 0 Å². The Bertz CT molecular complexity index is 2810. The van der Waals surface area contributed by atoms with Crippen LogP contribution in [0.25, 0.3) is 64.2 Å². The predicted molar refractivity (Wildman–Crippen MR) is 251 cm³/mol. The van der Waals surface area contributed by atoms with E-state index in [-0.39, 0.29) is 5.91 Å². The zero-order valence-electron chi connectivity index (χ0n) is 32.8. The van der Waals surface area contributed by atoms with E-state index in [9.17, 15) is 13.9 Å². The van der Waals surface area contributed by atoms with Crippen molar-refractivity contribution in [2.24, 2.45) is 0 Å². The second kappa shape index (κ2) is 18.5. The topological polar surface area (TPSA) is 208 Å². The fourth-order valence-electron chi connectivity index (χ4n) is 6.64. The van der Waals surface area contributed by atoms with Crippen molar-refractivity contribution in [3.05, 3.63) is 89.3 Å². The number of carbonyl (C=O) groups excluding carboxylic acids is 1. The standard InChI is InChI=1S/C42H41N9O3S6/c1-4-7-15-59(53)41-34(43)32-26(23-10-9-11-24(17-23)36(52)45-12-6-3)19-29(51-39(32)57-41)38-48-21-25(56-38)18-31-47-22-30(49-31)27-20-28(37-46-13-14-55-37)50-40-33(27)35(44)42(58-40)60(54)16-8-5-2/h6,9-11,13-14,17,19-22H,3-5,7-8,12,15-16,18,43-44H2,1-2H3,(H,45,52)(H,47,49). The van der Waals surface area contributed by atoms with Crippen molar-refractivity contribution >= 4 is 105 Å². The van der Waals surface area contributed by atoms with Gasteiger partial charge in [-0.2, -0.15) is 0 Å². The van der Waals surface area contributed by atoms with E-state index >= 15 is 0 Å². The number of thiophene rings is 2. The normalized spacial score (nSPS) is 12.7. The van der Waals surface area contributed by atoms with Gasteiger partial charge in [0.05, 0.1) is 11.9 Å². The quantitative estimate of drug-likeness (QED) is 0.0502. The molecule has 0 spiro atoms. The fraction of sp³-hybridized carbons (Fsp3) is 0.238. The van der Waals surface area contributed by atoms with Gasteiger partial charge in [0, 0.05) is 57.5 Å². The van der Waals surface area contributed by atoms with Crippen LogP contribution in [0.2, 0.25) is 0 Å². The molecule has 0 saturated carbocycles. The molecule has 0 aliphatic heterocycles. The molecule has 1 aromatic carbocycles. The van der Waals surface area contributed by atoms with Crippen molar-refractivity contribution in [1.29, 1.82) is 0 Å². The summed E-state index contributed by atoms with van der Waals surface area (Å²) in [7, 11) is 0. The van der Waals surface area contributed by atoms with Crippen LogP contribution in [0.4, 0.5) is 11.4 Å². The molecule has 8 aromatic rings. The van der Waals surface area contributed by atoms with Crippen LogP contribution in [-0.4, -0.2) is 63.0 Å². The number of nitrogens with zero attached hydrogens (tertiary/aromatic N) is 5. The first-order valence-electron chi connectivity index (χ1n) is 19.3.